The maximum atomic E-state index is 3.33. The van der Waals surface area contributed by atoms with E-state index >= 15 is 0 Å². The minimum absolute atomic E-state index is 0.934. The normalized spacial score (nSPS) is 18.5. The summed E-state index contributed by atoms with van der Waals surface area (Å²) in [5, 5.41) is 3.33. The summed E-state index contributed by atoms with van der Waals surface area (Å²) >= 11 is 0. The number of hydrogen-bond donors (Lipinski definition) is 1. The molecule has 1 fully saturated rings. The van der Waals surface area contributed by atoms with E-state index in [1.165, 1.54) is 19.3 Å². The highest BCUT2D eigenvalue weighted by Crippen LogP contribution is 2.29. The van der Waals surface area contributed by atoms with Crippen LogP contribution in [0.4, 0.5) is 0 Å². The first kappa shape index (κ1) is 7.80. The van der Waals surface area contributed by atoms with Gasteiger partial charge in [0, 0.05) is 6.54 Å². The van der Waals surface area contributed by atoms with Gasteiger partial charge in [-0.15, -0.1) is 0 Å². The summed E-state index contributed by atoms with van der Waals surface area (Å²) in [6, 6.07) is 0. The number of allylic oxidation sites excluding steroid dienone is 1. The minimum atomic E-state index is 0.934. The molecule has 0 unspecified atom stereocenters. The summed E-state index contributed by atoms with van der Waals surface area (Å²) in [4.78, 5) is 0. The van der Waals surface area contributed by atoms with Crippen molar-refractivity contribution in [2.24, 2.45) is 5.92 Å². The fourth-order valence-electron chi connectivity index (χ4n) is 0.911. The molecule has 0 radical (unpaired) electrons. The Bertz CT molecular complexity index is 103. The lowest BCUT2D eigenvalue weighted by Crippen LogP contribution is -2.13. The van der Waals surface area contributed by atoms with Gasteiger partial charge in [-0.1, -0.05) is 19.1 Å². The van der Waals surface area contributed by atoms with Gasteiger partial charge in [0.25, 0.3) is 0 Å². The SMILES string of the molecule is CCCNCC=CC1CC1. The second kappa shape index (κ2) is 4.51. The van der Waals surface area contributed by atoms with Gasteiger partial charge < -0.3 is 5.32 Å². The highest BCUT2D eigenvalue weighted by atomic mass is 14.8. The van der Waals surface area contributed by atoms with Crippen LogP contribution in [0.15, 0.2) is 12.2 Å². The molecule has 1 N–H and O–H groups in total. The van der Waals surface area contributed by atoms with E-state index in [1.807, 2.05) is 0 Å². The third kappa shape index (κ3) is 3.67. The van der Waals surface area contributed by atoms with Crippen LogP contribution in [0.1, 0.15) is 26.2 Å². The van der Waals surface area contributed by atoms with Crippen molar-refractivity contribution in [3.63, 3.8) is 0 Å². The van der Waals surface area contributed by atoms with Crippen LogP contribution in [0.2, 0.25) is 0 Å². The van der Waals surface area contributed by atoms with Crippen LogP contribution in [0.3, 0.4) is 0 Å². The Kier molecular flexibility index (Phi) is 3.52. The van der Waals surface area contributed by atoms with E-state index in [0.29, 0.717) is 0 Å². The first-order valence-corrected chi connectivity index (χ1v) is 4.31. The van der Waals surface area contributed by atoms with E-state index in [0.717, 1.165) is 19.0 Å². The second-order valence-electron chi connectivity index (χ2n) is 2.97. The average molecular weight is 139 g/mol. The molecule has 1 rings (SSSR count). The molecule has 0 saturated heterocycles. The zero-order valence-corrected chi connectivity index (χ0v) is 6.77. The molecular formula is C9H17N. The lowest BCUT2D eigenvalue weighted by Gasteiger charge is -1.94. The molecule has 10 heavy (non-hydrogen) atoms. The first-order valence-electron chi connectivity index (χ1n) is 4.31. The van der Waals surface area contributed by atoms with Crippen molar-refractivity contribution in [1.82, 2.24) is 5.32 Å². The van der Waals surface area contributed by atoms with Gasteiger partial charge in [-0.25, -0.2) is 0 Å². The second-order valence-corrected chi connectivity index (χ2v) is 2.97. The lowest BCUT2D eigenvalue weighted by molar-refractivity contribution is 0.727. The van der Waals surface area contributed by atoms with Crippen molar-refractivity contribution < 1.29 is 0 Å². The van der Waals surface area contributed by atoms with Crippen LogP contribution in [-0.4, -0.2) is 13.1 Å². The first-order chi connectivity index (χ1) is 4.93. The van der Waals surface area contributed by atoms with Crippen LogP contribution in [0.5, 0.6) is 0 Å². The van der Waals surface area contributed by atoms with Gasteiger partial charge >= 0.3 is 0 Å². The van der Waals surface area contributed by atoms with E-state index in [9.17, 15) is 0 Å². The standard InChI is InChI=1S/C9H17N/c1-2-7-10-8-3-4-9-5-6-9/h3-4,9-10H,2,5-8H2,1H3. The third-order valence-corrected chi connectivity index (χ3v) is 1.72. The molecule has 0 aliphatic heterocycles. The monoisotopic (exact) mass is 139 g/mol. The predicted octanol–water partition coefficient (Wildman–Crippen LogP) is 1.95. The fourth-order valence-corrected chi connectivity index (χ4v) is 0.911. The van der Waals surface area contributed by atoms with Crippen LogP contribution >= 0.6 is 0 Å². The van der Waals surface area contributed by atoms with Crippen molar-refractivity contribution in [2.75, 3.05) is 13.1 Å². The molecule has 1 nitrogen and oxygen atoms in total. The summed E-state index contributed by atoms with van der Waals surface area (Å²) in [7, 11) is 0. The summed E-state index contributed by atoms with van der Waals surface area (Å²) in [6.45, 7) is 4.40. The van der Waals surface area contributed by atoms with E-state index in [2.05, 4.69) is 24.4 Å². The van der Waals surface area contributed by atoms with Crippen LogP contribution in [-0.2, 0) is 0 Å². The molecule has 0 heterocycles. The van der Waals surface area contributed by atoms with Crippen LogP contribution in [0.25, 0.3) is 0 Å². The maximum absolute atomic E-state index is 3.33. The lowest BCUT2D eigenvalue weighted by atomic mass is 10.3. The molecule has 58 valence electrons. The summed E-state index contributed by atoms with van der Waals surface area (Å²) in [6.07, 6.45) is 8.67. The molecule has 1 aliphatic carbocycles. The molecule has 0 spiro atoms. The number of hydrogen-bond acceptors (Lipinski definition) is 1. The quantitative estimate of drug-likeness (QED) is 0.453. The van der Waals surface area contributed by atoms with Gasteiger partial charge in [-0.2, -0.15) is 0 Å². The largest absolute Gasteiger partial charge is 0.313 e. The van der Waals surface area contributed by atoms with Crippen molar-refractivity contribution in [2.45, 2.75) is 26.2 Å². The highest BCUT2D eigenvalue weighted by Gasteiger charge is 2.16. The molecular weight excluding hydrogens is 122 g/mol. The summed E-state index contributed by atoms with van der Waals surface area (Å²) in [5.41, 5.74) is 0. The smallest absolute Gasteiger partial charge is 0.0134 e. The molecule has 0 aromatic carbocycles. The number of rotatable bonds is 5. The Hall–Kier alpha value is -0.300. The van der Waals surface area contributed by atoms with E-state index < -0.39 is 0 Å². The topological polar surface area (TPSA) is 12.0 Å². The highest BCUT2D eigenvalue weighted by molar-refractivity contribution is 4.96. The molecule has 0 amide bonds. The molecule has 0 aromatic heterocycles. The maximum Gasteiger partial charge on any atom is 0.0134 e. The van der Waals surface area contributed by atoms with E-state index in [4.69, 9.17) is 0 Å². The van der Waals surface area contributed by atoms with Gasteiger partial charge in [0.1, 0.15) is 0 Å². The predicted molar refractivity (Wildman–Crippen MR) is 45.0 cm³/mol. The van der Waals surface area contributed by atoms with E-state index in [1.54, 1.807) is 0 Å². The van der Waals surface area contributed by atoms with Crippen LogP contribution in [0, 0.1) is 5.92 Å². The van der Waals surface area contributed by atoms with Crippen molar-refractivity contribution in [3.05, 3.63) is 12.2 Å². The zero-order chi connectivity index (χ0) is 7.23. The summed E-state index contributed by atoms with van der Waals surface area (Å²) in [5.74, 6) is 0.934. The van der Waals surface area contributed by atoms with Gasteiger partial charge in [-0.3, -0.25) is 0 Å². The van der Waals surface area contributed by atoms with Gasteiger partial charge in [0.05, 0.1) is 0 Å². The van der Waals surface area contributed by atoms with Gasteiger partial charge in [0.15, 0.2) is 0 Å². The molecule has 0 aromatic rings. The third-order valence-electron chi connectivity index (χ3n) is 1.72. The molecule has 0 atom stereocenters. The molecule has 1 aliphatic rings. The van der Waals surface area contributed by atoms with Crippen molar-refractivity contribution in [3.8, 4) is 0 Å². The number of nitrogens with one attached hydrogen (secondary N) is 1. The Morgan fingerprint density at radius 2 is 2.30 bits per heavy atom. The van der Waals surface area contributed by atoms with Crippen LogP contribution < -0.4 is 5.32 Å². The van der Waals surface area contributed by atoms with Gasteiger partial charge in [-0.05, 0) is 31.7 Å². The minimum Gasteiger partial charge on any atom is -0.313 e. The van der Waals surface area contributed by atoms with Crippen molar-refractivity contribution >= 4 is 0 Å². The zero-order valence-electron chi connectivity index (χ0n) is 6.77. The Balaban J connectivity index is 1.83. The summed E-state index contributed by atoms with van der Waals surface area (Å²) < 4.78 is 0. The van der Waals surface area contributed by atoms with Crippen molar-refractivity contribution in [1.29, 1.82) is 0 Å². The molecule has 0 bridgehead atoms. The Morgan fingerprint density at radius 1 is 1.50 bits per heavy atom. The molecule has 1 heteroatoms. The van der Waals surface area contributed by atoms with Gasteiger partial charge in [0.2, 0.25) is 0 Å². The van der Waals surface area contributed by atoms with E-state index in [-0.39, 0.29) is 0 Å². The Labute approximate surface area is 63.5 Å². The molecule has 1 saturated carbocycles. The fraction of sp³-hybridized carbons (Fsp3) is 0.778. The Morgan fingerprint density at radius 3 is 2.90 bits per heavy atom. The average Bonchev–Trinajstić information content (AvgIpc) is 2.71.